The Bertz CT molecular complexity index is 630. The molecule has 0 aromatic heterocycles. The Balaban J connectivity index is 1.78. The van der Waals surface area contributed by atoms with E-state index in [0.717, 1.165) is 41.7 Å². The van der Waals surface area contributed by atoms with Crippen LogP contribution in [-0.4, -0.2) is 60.4 Å². The van der Waals surface area contributed by atoms with E-state index in [0.29, 0.717) is 5.69 Å². The van der Waals surface area contributed by atoms with Crippen molar-refractivity contribution in [2.24, 2.45) is 0 Å². The minimum Gasteiger partial charge on any atom is -0.301 e. The van der Waals surface area contributed by atoms with Crippen LogP contribution in [0.5, 0.6) is 0 Å². The molecule has 3 rings (SSSR count). The highest BCUT2D eigenvalue weighted by molar-refractivity contribution is 9.11. The van der Waals surface area contributed by atoms with Crippen LogP contribution in [0.15, 0.2) is 27.1 Å². The fourth-order valence-corrected chi connectivity index (χ4v) is 4.43. The van der Waals surface area contributed by atoms with Crippen molar-refractivity contribution in [3.8, 4) is 0 Å². The lowest BCUT2D eigenvalue weighted by Gasteiger charge is -2.36. The fraction of sp³-hybridized carbons (Fsp3) is 0.500. The van der Waals surface area contributed by atoms with E-state index >= 15 is 0 Å². The van der Waals surface area contributed by atoms with Gasteiger partial charge in [-0.25, -0.2) is 4.90 Å². The van der Waals surface area contributed by atoms with Crippen molar-refractivity contribution >= 4 is 49.4 Å². The van der Waals surface area contributed by atoms with Gasteiger partial charge >= 0.3 is 0 Å². The van der Waals surface area contributed by atoms with Gasteiger partial charge in [-0.1, -0.05) is 22.9 Å². The third-order valence-electron chi connectivity index (χ3n) is 4.57. The molecule has 1 aromatic rings. The molecule has 2 heterocycles. The van der Waals surface area contributed by atoms with Crippen LogP contribution in [0.3, 0.4) is 0 Å². The monoisotopic (exact) mass is 443 g/mol. The van der Waals surface area contributed by atoms with Gasteiger partial charge in [0.1, 0.15) is 0 Å². The maximum absolute atomic E-state index is 12.8. The molecule has 2 amide bonds. The van der Waals surface area contributed by atoms with Crippen LogP contribution in [0.25, 0.3) is 0 Å². The second kappa shape index (κ2) is 7.01. The van der Waals surface area contributed by atoms with Crippen LogP contribution >= 0.6 is 31.9 Å². The summed E-state index contributed by atoms with van der Waals surface area (Å²) in [4.78, 5) is 31.1. The van der Waals surface area contributed by atoms with Gasteiger partial charge in [-0.2, -0.15) is 0 Å². The Hall–Kier alpha value is -0.760. The first-order valence-corrected chi connectivity index (χ1v) is 9.38. The van der Waals surface area contributed by atoms with Crippen molar-refractivity contribution in [1.82, 2.24) is 9.80 Å². The topological polar surface area (TPSA) is 43.9 Å². The first kappa shape index (κ1) is 17.1. The molecule has 0 aliphatic carbocycles. The Kier molecular flexibility index (Phi) is 5.20. The highest BCUT2D eigenvalue weighted by Gasteiger charge is 2.43. The number of piperazine rings is 1. The van der Waals surface area contributed by atoms with Crippen LogP contribution in [-0.2, 0) is 9.59 Å². The molecule has 2 fully saturated rings. The van der Waals surface area contributed by atoms with Crippen molar-refractivity contribution in [3.05, 3.63) is 27.1 Å². The standard InChI is InChI=1S/C16H19Br2N3O2/c1-2-19-5-7-20(8-6-19)14-10-15(22)21(16(14)23)13-4-3-11(17)9-12(13)18/h3-4,9,14H,2,5-8,10H2,1H3/t14-/m1/s1. The van der Waals surface area contributed by atoms with Crippen LogP contribution in [0.2, 0.25) is 0 Å². The van der Waals surface area contributed by atoms with Crippen molar-refractivity contribution in [1.29, 1.82) is 0 Å². The first-order valence-electron chi connectivity index (χ1n) is 7.79. The summed E-state index contributed by atoms with van der Waals surface area (Å²) < 4.78 is 1.64. The molecule has 124 valence electrons. The molecule has 0 saturated carbocycles. The van der Waals surface area contributed by atoms with Crippen molar-refractivity contribution < 1.29 is 9.59 Å². The Labute approximate surface area is 152 Å². The van der Waals surface area contributed by atoms with E-state index in [1.165, 1.54) is 4.90 Å². The van der Waals surface area contributed by atoms with Gasteiger partial charge < -0.3 is 4.90 Å². The van der Waals surface area contributed by atoms with E-state index < -0.39 is 0 Å². The van der Waals surface area contributed by atoms with Gasteiger partial charge in [0.2, 0.25) is 5.91 Å². The summed E-state index contributed by atoms with van der Waals surface area (Å²) in [5.41, 5.74) is 0.623. The number of nitrogens with zero attached hydrogens (tertiary/aromatic N) is 3. The van der Waals surface area contributed by atoms with Crippen molar-refractivity contribution in [2.45, 2.75) is 19.4 Å². The average molecular weight is 445 g/mol. The molecule has 2 aliphatic rings. The number of carbonyl (C=O) groups is 2. The van der Waals surface area contributed by atoms with Crippen LogP contribution in [0, 0.1) is 0 Å². The van der Waals surface area contributed by atoms with Crippen molar-refractivity contribution in [3.63, 3.8) is 0 Å². The average Bonchev–Trinajstić information content (AvgIpc) is 2.83. The van der Waals surface area contributed by atoms with E-state index in [-0.39, 0.29) is 24.3 Å². The summed E-state index contributed by atoms with van der Waals surface area (Å²) in [5, 5.41) is 0. The third-order valence-corrected chi connectivity index (χ3v) is 5.70. The van der Waals surface area contributed by atoms with Crippen molar-refractivity contribution in [2.75, 3.05) is 37.6 Å². The zero-order valence-corrected chi connectivity index (χ0v) is 16.1. The third kappa shape index (κ3) is 3.38. The summed E-state index contributed by atoms with van der Waals surface area (Å²) in [6.07, 6.45) is 0.271. The molecule has 0 spiro atoms. The van der Waals surface area contributed by atoms with E-state index in [2.05, 4.69) is 48.6 Å². The van der Waals surface area contributed by atoms with E-state index in [4.69, 9.17) is 0 Å². The molecule has 5 nitrogen and oxygen atoms in total. The molecular weight excluding hydrogens is 426 g/mol. The predicted octanol–water partition coefficient (Wildman–Crippen LogP) is 2.48. The van der Waals surface area contributed by atoms with Gasteiger partial charge in [0.05, 0.1) is 18.2 Å². The molecule has 7 heteroatoms. The minimum absolute atomic E-state index is 0.108. The summed E-state index contributed by atoms with van der Waals surface area (Å²) in [5.74, 6) is -0.232. The molecule has 0 radical (unpaired) electrons. The summed E-state index contributed by atoms with van der Waals surface area (Å²) >= 11 is 6.84. The van der Waals surface area contributed by atoms with Gasteiger partial charge in [-0.3, -0.25) is 14.5 Å². The molecule has 0 unspecified atom stereocenters. The molecule has 2 saturated heterocycles. The quantitative estimate of drug-likeness (QED) is 0.672. The van der Waals surface area contributed by atoms with Gasteiger partial charge in [0.25, 0.3) is 5.91 Å². The Morgan fingerprint density at radius 2 is 1.83 bits per heavy atom. The highest BCUT2D eigenvalue weighted by Crippen LogP contribution is 2.33. The molecule has 2 aliphatic heterocycles. The number of carbonyl (C=O) groups excluding carboxylic acids is 2. The number of halogens is 2. The van der Waals surface area contributed by atoms with Gasteiger partial charge in [0, 0.05) is 35.1 Å². The number of rotatable bonds is 3. The number of benzene rings is 1. The number of imide groups is 1. The normalized spacial score (nSPS) is 23.8. The van der Waals surface area contributed by atoms with Crippen LogP contribution in [0.4, 0.5) is 5.69 Å². The van der Waals surface area contributed by atoms with Gasteiger partial charge in [-0.05, 0) is 40.7 Å². The van der Waals surface area contributed by atoms with Gasteiger partial charge in [-0.15, -0.1) is 0 Å². The maximum Gasteiger partial charge on any atom is 0.251 e. The maximum atomic E-state index is 12.8. The van der Waals surface area contributed by atoms with Gasteiger partial charge in [0.15, 0.2) is 0 Å². The predicted molar refractivity (Wildman–Crippen MR) is 96.4 cm³/mol. The SMILES string of the molecule is CCN1CCN([C@@H]2CC(=O)N(c3ccc(Br)cc3Br)C2=O)CC1. The van der Waals surface area contributed by atoms with E-state index in [1.807, 2.05) is 12.1 Å². The molecule has 23 heavy (non-hydrogen) atoms. The second-order valence-electron chi connectivity index (χ2n) is 5.85. The smallest absolute Gasteiger partial charge is 0.251 e. The number of anilines is 1. The van der Waals surface area contributed by atoms with E-state index in [1.54, 1.807) is 6.07 Å². The number of amides is 2. The molecule has 1 atom stereocenters. The summed E-state index contributed by atoms with van der Waals surface area (Å²) in [6, 6.07) is 5.16. The molecule has 0 N–H and O–H groups in total. The molecule has 1 aromatic carbocycles. The number of hydrogen-bond donors (Lipinski definition) is 0. The summed E-state index contributed by atoms with van der Waals surface area (Å²) in [7, 11) is 0. The van der Waals surface area contributed by atoms with Crippen LogP contribution < -0.4 is 4.90 Å². The second-order valence-corrected chi connectivity index (χ2v) is 7.62. The number of hydrogen-bond acceptors (Lipinski definition) is 4. The molecular formula is C16H19Br2N3O2. The first-order chi connectivity index (χ1) is 11.0. The zero-order chi connectivity index (χ0) is 16.6. The zero-order valence-electron chi connectivity index (χ0n) is 13.0. The molecule has 0 bridgehead atoms. The summed E-state index contributed by atoms with van der Waals surface area (Å²) in [6.45, 7) is 6.77. The number of likely N-dealkylation sites (N-methyl/N-ethyl adjacent to an activating group) is 1. The van der Waals surface area contributed by atoms with Crippen LogP contribution in [0.1, 0.15) is 13.3 Å². The largest absolute Gasteiger partial charge is 0.301 e. The lowest BCUT2D eigenvalue weighted by atomic mass is 10.1. The lowest BCUT2D eigenvalue weighted by Crippen LogP contribution is -2.52. The lowest BCUT2D eigenvalue weighted by molar-refractivity contribution is -0.123. The van der Waals surface area contributed by atoms with E-state index in [9.17, 15) is 9.59 Å². The highest BCUT2D eigenvalue weighted by atomic mass is 79.9. The Morgan fingerprint density at radius 1 is 1.13 bits per heavy atom. The Morgan fingerprint density at radius 3 is 2.43 bits per heavy atom. The fourth-order valence-electron chi connectivity index (χ4n) is 3.21. The minimum atomic E-state index is -0.322.